The third-order valence-electron chi connectivity index (χ3n) is 15.1. The van der Waals surface area contributed by atoms with Crippen LogP contribution in [0.3, 0.4) is 0 Å². The Morgan fingerprint density at radius 2 is 0.506 bits per heavy atom. The average molecular weight is 982 g/mol. The Morgan fingerprint density at radius 3 is 0.870 bits per heavy atom. The van der Waals surface area contributed by atoms with E-state index in [-0.39, 0.29) is 0 Å². The second kappa shape index (κ2) is 19.6. The summed E-state index contributed by atoms with van der Waals surface area (Å²) in [5.41, 5.74) is 19.5. The van der Waals surface area contributed by atoms with Crippen LogP contribution in [0, 0.1) is 0 Å². The minimum absolute atomic E-state index is 1.09. The Labute approximate surface area is 449 Å². The highest BCUT2D eigenvalue weighted by Crippen LogP contribution is 2.46. The van der Waals surface area contributed by atoms with E-state index >= 15 is 0 Å². The van der Waals surface area contributed by atoms with E-state index in [0.717, 1.165) is 50.8 Å². The third kappa shape index (κ3) is 8.47. The Balaban J connectivity index is 0.982. The van der Waals surface area contributed by atoms with Crippen molar-refractivity contribution >= 4 is 77.5 Å². The van der Waals surface area contributed by atoms with Gasteiger partial charge in [0.2, 0.25) is 0 Å². The first-order valence-corrected chi connectivity index (χ1v) is 26.4. The molecule has 14 aromatic rings. The van der Waals surface area contributed by atoms with Gasteiger partial charge < -0.3 is 14.4 Å². The zero-order valence-electron chi connectivity index (χ0n) is 42.3. The molecular weight excluding hydrogens is 931 g/mol. The molecule has 3 heteroatoms. The van der Waals surface area contributed by atoms with E-state index < -0.39 is 0 Å². The van der Waals surface area contributed by atoms with Crippen LogP contribution in [0.15, 0.2) is 309 Å². The first-order chi connectivity index (χ1) is 38.2. The number of benzene rings is 13. The summed E-state index contributed by atoms with van der Waals surface area (Å²) in [6.45, 7) is 0. The van der Waals surface area contributed by atoms with Gasteiger partial charge in [-0.25, -0.2) is 0 Å². The Bertz CT molecular complexity index is 4100. The minimum atomic E-state index is 1.09. The number of hydrogen-bond acceptors (Lipinski definition) is 2. The van der Waals surface area contributed by atoms with Crippen molar-refractivity contribution in [1.82, 2.24) is 4.57 Å². The first-order valence-electron chi connectivity index (χ1n) is 26.4. The first kappa shape index (κ1) is 45.4. The highest BCUT2D eigenvalue weighted by Gasteiger charge is 2.22. The molecule has 77 heavy (non-hydrogen) atoms. The third-order valence-corrected chi connectivity index (χ3v) is 15.1. The van der Waals surface area contributed by atoms with Gasteiger partial charge in [-0.15, -0.1) is 0 Å². The molecular formula is C74H51N3. The summed E-state index contributed by atoms with van der Waals surface area (Å²) in [5.74, 6) is 0. The van der Waals surface area contributed by atoms with Crippen LogP contribution in [0.25, 0.3) is 93.5 Å². The number of nitrogens with zero attached hydrogens (tertiary/aromatic N) is 3. The lowest BCUT2D eigenvalue weighted by Gasteiger charge is -2.26. The second-order valence-corrected chi connectivity index (χ2v) is 19.7. The molecule has 362 valence electrons. The van der Waals surface area contributed by atoms with Crippen molar-refractivity contribution in [1.29, 1.82) is 0 Å². The van der Waals surface area contributed by atoms with Crippen LogP contribution in [-0.4, -0.2) is 4.57 Å². The predicted molar refractivity (Wildman–Crippen MR) is 327 cm³/mol. The fourth-order valence-electron chi connectivity index (χ4n) is 11.4. The summed E-state index contributed by atoms with van der Waals surface area (Å²) in [6.07, 6.45) is 0. The predicted octanol–water partition coefficient (Wildman–Crippen LogP) is 20.7. The van der Waals surface area contributed by atoms with Gasteiger partial charge in [-0.1, -0.05) is 206 Å². The van der Waals surface area contributed by atoms with Crippen LogP contribution >= 0.6 is 0 Å². The van der Waals surface area contributed by atoms with E-state index in [1.54, 1.807) is 0 Å². The lowest BCUT2D eigenvalue weighted by Crippen LogP contribution is -2.09. The number of anilines is 6. The molecule has 0 fully saturated rings. The van der Waals surface area contributed by atoms with Crippen molar-refractivity contribution < 1.29 is 0 Å². The average Bonchev–Trinajstić information content (AvgIpc) is 3.94. The zero-order valence-corrected chi connectivity index (χ0v) is 42.3. The zero-order chi connectivity index (χ0) is 51.1. The van der Waals surface area contributed by atoms with E-state index in [0.29, 0.717) is 0 Å². The summed E-state index contributed by atoms with van der Waals surface area (Å²) < 4.78 is 2.50. The maximum absolute atomic E-state index is 2.50. The van der Waals surface area contributed by atoms with Gasteiger partial charge in [-0.3, -0.25) is 0 Å². The van der Waals surface area contributed by atoms with Gasteiger partial charge in [0.05, 0.1) is 11.0 Å². The van der Waals surface area contributed by atoms with Crippen molar-refractivity contribution in [3.63, 3.8) is 0 Å². The van der Waals surface area contributed by atoms with Crippen LogP contribution in [0.2, 0.25) is 0 Å². The van der Waals surface area contributed by atoms with Crippen LogP contribution in [-0.2, 0) is 0 Å². The number of rotatable bonds is 11. The minimum Gasteiger partial charge on any atom is -0.310 e. The standard InChI is InChI=1S/C74H51N3/c1-7-19-52(20-8-1)56-31-37-64(38-32-56)75(62-27-15-5-16-28-62)66-41-43-69-58(48-66)35-45-71-73(69)74-70-44-42-67(76(63-29-17-6-18-30-63)65-39-33-57(34-40-65)53-21-9-2-10-22-53)49-59(70)36-46-72(74)77(71)68-50-60(54-23-11-3-12-24-54)47-61(51-68)55-25-13-4-14-26-55/h1-51H. The lowest BCUT2D eigenvalue weighted by atomic mass is 9.98. The fraction of sp³-hybridized carbons (Fsp3) is 0. The maximum Gasteiger partial charge on any atom is 0.0547 e. The van der Waals surface area contributed by atoms with Crippen molar-refractivity contribution in [3.8, 4) is 50.2 Å². The number of para-hydroxylation sites is 2. The number of fused-ring (bicyclic) bond motifs is 7. The number of aromatic nitrogens is 1. The lowest BCUT2D eigenvalue weighted by molar-refractivity contribution is 1.18. The smallest absolute Gasteiger partial charge is 0.0547 e. The van der Waals surface area contributed by atoms with Crippen molar-refractivity contribution in [2.75, 3.05) is 9.80 Å². The topological polar surface area (TPSA) is 11.4 Å². The SMILES string of the molecule is c1ccc(-c2ccc(N(c3ccccc3)c3ccc4c(ccc5c4c4c6ccc(N(c7ccccc7)c7ccc(-c8ccccc8)cc7)cc6ccc4n5-c4cc(-c5ccccc5)cc(-c5ccccc5)c4)c3)cc2)cc1. The Morgan fingerprint density at radius 1 is 0.208 bits per heavy atom. The van der Waals surface area contributed by atoms with Gasteiger partial charge in [0.25, 0.3) is 0 Å². The quantitative estimate of drug-likeness (QED) is 0.128. The molecule has 0 atom stereocenters. The van der Waals surface area contributed by atoms with Crippen LogP contribution in [0.1, 0.15) is 0 Å². The van der Waals surface area contributed by atoms with E-state index in [9.17, 15) is 0 Å². The number of hydrogen-bond donors (Lipinski definition) is 0. The van der Waals surface area contributed by atoms with E-state index in [1.165, 1.54) is 76.8 Å². The van der Waals surface area contributed by atoms with E-state index in [1.807, 2.05) is 0 Å². The van der Waals surface area contributed by atoms with Crippen molar-refractivity contribution in [3.05, 3.63) is 309 Å². The molecule has 0 unspecified atom stereocenters. The summed E-state index contributed by atoms with van der Waals surface area (Å²) in [5, 5.41) is 7.19. The highest BCUT2D eigenvalue weighted by molar-refractivity contribution is 6.29. The highest BCUT2D eigenvalue weighted by atomic mass is 15.1. The molecule has 0 bridgehead atoms. The van der Waals surface area contributed by atoms with Gasteiger partial charge in [0.1, 0.15) is 0 Å². The molecule has 0 N–H and O–H groups in total. The summed E-state index contributed by atoms with van der Waals surface area (Å²) in [7, 11) is 0. The fourth-order valence-corrected chi connectivity index (χ4v) is 11.4. The summed E-state index contributed by atoms with van der Waals surface area (Å²) >= 11 is 0. The molecule has 0 saturated heterocycles. The molecule has 1 aromatic heterocycles. The normalized spacial score (nSPS) is 11.4. The Hall–Kier alpha value is -10.2. The van der Waals surface area contributed by atoms with E-state index in [2.05, 4.69) is 324 Å². The van der Waals surface area contributed by atoms with Crippen LogP contribution < -0.4 is 9.80 Å². The van der Waals surface area contributed by atoms with Crippen LogP contribution in [0.5, 0.6) is 0 Å². The van der Waals surface area contributed by atoms with Crippen LogP contribution in [0.4, 0.5) is 34.1 Å². The molecule has 0 aliphatic heterocycles. The Kier molecular flexibility index (Phi) is 11.5. The van der Waals surface area contributed by atoms with Gasteiger partial charge in [0, 0.05) is 50.6 Å². The molecule has 0 spiro atoms. The molecule has 13 aromatic carbocycles. The maximum atomic E-state index is 2.50. The van der Waals surface area contributed by atoms with Crippen molar-refractivity contribution in [2.45, 2.75) is 0 Å². The van der Waals surface area contributed by atoms with E-state index in [4.69, 9.17) is 0 Å². The molecule has 3 nitrogen and oxygen atoms in total. The summed E-state index contributed by atoms with van der Waals surface area (Å²) in [6, 6.07) is 112. The molecule has 0 amide bonds. The van der Waals surface area contributed by atoms with Gasteiger partial charge in [0.15, 0.2) is 0 Å². The molecule has 0 aliphatic rings. The van der Waals surface area contributed by atoms with Gasteiger partial charge in [-0.2, -0.15) is 0 Å². The molecule has 1 heterocycles. The monoisotopic (exact) mass is 981 g/mol. The molecule has 14 rings (SSSR count). The molecule has 0 aliphatic carbocycles. The van der Waals surface area contributed by atoms with Crippen molar-refractivity contribution in [2.24, 2.45) is 0 Å². The van der Waals surface area contributed by atoms with Gasteiger partial charge >= 0.3 is 0 Å². The second-order valence-electron chi connectivity index (χ2n) is 19.7. The molecule has 0 radical (unpaired) electrons. The molecule has 0 saturated carbocycles. The summed E-state index contributed by atoms with van der Waals surface area (Å²) in [4.78, 5) is 4.74. The van der Waals surface area contributed by atoms with Gasteiger partial charge in [-0.05, 0) is 169 Å². The largest absolute Gasteiger partial charge is 0.310 e.